The maximum absolute atomic E-state index is 12.6. The third kappa shape index (κ3) is 4.83. The molecule has 0 aliphatic carbocycles. The van der Waals surface area contributed by atoms with Gasteiger partial charge in [-0.3, -0.25) is 9.59 Å². The van der Waals surface area contributed by atoms with Gasteiger partial charge < -0.3 is 19.5 Å². The van der Waals surface area contributed by atoms with Crippen molar-refractivity contribution < 1.29 is 28.6 Å². The number of hydrogen-bond donors (Lipinski definition) is 1. The lowest BCUT2D eigenvalue weighted by Crippen LogP contribution is -2.30. The number of carbonyl (C=O) groups is 3. The molecule has 150 valence electrons. The van der Waals surface area contributed by atoms with Gasteiger partial charge >= 0.3 is 5.97 Å². The van der Waals surface area contributed by atoms with Crippen LogP contribution in [0.5, 0.6) is 11.5 Å². The van der Waals surface area contributed by atoms with Crippen molar-refractivity contribution in [3.8, 4) is 17.6 Å². The number of carbonyl (C=O) groups excluding carboxylic acids is 3. The number of ether oxygens (including phenoxy) is 3. The van der Waals surface area contributed by atoms with Gasteiger partial charge in [-0.1, -0.05) is 11.6 Å². The number of nitrogens with one attached hydrogen (secondary N) is 1. The number of benzene rings is 2. The number of rotatable bonds is 7. The molecule has 29 heavy (non-hydrogen) atoms. The summed E-state index contributed by atoms with van der Waals surface area (Å²) in [6.45, 7) is 1.37. The summed E-state index contributed by atoms with van der Waals surface area (Å²) in [4.78, 5) is 36.3. The number of nitrogens with zero attached hydrogens (tertiary/aromatic N) is 1. The van der Waals surface area contributed by atoms with Crippen LogP contribution in [0.1, 0.15) is 33.2 Å². The molecule has 1 atom stereocenters. The first-order valence-electron chi connectivity index (χ1n) is 8.27. The van der Waals surface area contributed by atoms with E-state index in [0.29, 0.717) is 12.0 Å². The van der Waals surface area contributed by atoms with Crippen LogP contribution < -0.4 is 14.8 Å². The quantitative estimate of drug-likeness (QED) is 0.544. The molecule has 2 aromatic rings. The molecule has 0 heterocycles. The topological polar surface area (TPSA) is 115 Å². The van der Waals surface area contributed by atoms with E-state index in [4.69, 9.17) is 31.1 Å². The van der Waals surface area contributed by atoms with Crippen molar-refractivity contribution in [2.45, 2.75) is 13.0 Å². The van der Waals surface area contributed by atoms with Crippen molar-refractivity contribution in [2.24, 2.45) is 0 Å². The number of halogens is 1. The van der Waals surface area contributed by atoms with E-state index in [0.717, 1.165) is 0 Å². The van der Waals surface area contributed by atoms with Crippen molar-refractivity contribution in [3.05, 3.63) is 52.0 Å². The first-order valence-corrected chi connectivity index (χ1v) is 8.65. The van der Waals surface area contributed by atoms with Gasteiger partial charge in [0.2, 0.25) is 0 Å². The number of amides is 1. The first kappa shape index (κ1) is 21.7. The summed E-state index contributed by atoms with van der Waals surface area (Å²) >= 11 is 5.93. The molecule has 9 heteroatoms. The fourth-order valence-corrected chi connectivity index (χ4v) is 2.67. The second kappa shape index (κ2) is 9.57. The SMILES string of the molecule is COc1ccc(C=O)c(C(=O)O[C@H](C)C(=O)Nc2ccc(C#N)c(Cl)c2)c1OC. The number of methoxy groups -OCH3 is 2. The predicted molar refractivity (Wildman–Crippen MR) is 105 cm³/mol. The van der Waals surface area contributed by atoms with E-state index < -0.39 is 18.0 Å². The zero-order valence-corrected chi connectivity index (χ0v) is 16.6. The van der Waals surface area contributed by atoms with Crippen molar-refractivity contribution in [1.82, 2.24) is 0 Å². The van der Waals surface area contributed by atoms with Crippen LogP contribution in [0, 0.1) is 11.3 Å². The van der Waals surface area contributed by atoms with Gasteiger partial charge in [-0.2, -0.15) is 5.26 Å². The lowest BCUT2D eigenvalue weighted by Gasteiger charge is -2.17. The average molecular weight is 417 g/mol. The van der Waals surface area contributed by atoms with Crippen molar-refractivity contribution >= 4 is 35.5 Å². The molecular weight excluding hydrogens is 400 g/mol. The van der Waals surface area contributed by atoms with Gasteiger partial charge in [-0.25, -0.2) is 4.79 Å². The second-order valence-electron chi connectivity index (χ2n) is 5.73. The third-order valence-electron chi connectivity index (χ3n) is 3.92. The maximum atomic E-state index is 12.6. The molecule has 0 aliphatic heterocycles. The van der Waals surface area contributed by atoms with Gasteiger partial charge in [0, 0.05) is 11.3 Å². The van der Waals surface area contributed by atoms with E-state index in [2.05, 4.69) is 5.32 Å². The number of anilines is 1. The smallest absolute Gasteiger partial charge is 0.343 e. The Morgan fingerprint density at radius 2 is 1.93 bits per heavy atom. The Morgan fingerprint density at radius 3 is 2.48 bits per heavy atom. The van der Waals surface area contributed by atoms with E-state index in [1.54, 1.807) is 0 Å². The zero-order chi connectivity index (χ0) is 21.6. The Labute approximate surface area is 171 Å². The Kier molecular flexibility index (Phi) is 7.17. The summed E-state index contributed by atoms with van der Waals surface area (Å²) in [5, 5.41) is 11.6. The fraction of sp³-hybridized carbons (Fsp3) is 0.200. The average Bonchev–Trinajstić information content (AvgIpc) is 2.72. The highest BCUT2D eigenvalue weighted by Crippen LogP contribution is 2.33. The molecule has 0 saturated carbocycles. The minimum absolute atomic E-state index is 0.0218. The highest BCUT2D eigenvalue weighted by atomic mass is 35.5. The summed E-state index contributed by atoms with van der Waals surface area (Å²) in [5.74, 6) is -1.31. The van der Waals surface area contributed by atoms with Gasteiger partial charge in [0.15, 0.2) is 23.9 Å². The maximum Gasteiger partial charge on any atom is 0.343 e. The van der Waals surface area contributed by atoms with E-state index in [1.807, 2.05) is 6.07 Å². The van der Waals surface area contributed by atoms with Crippen LogP contribution in [0.4, 0.5) is 5.69 Å². The molecule has 0 bridgehead atoms. The predicted octanol–water partition coefficient (Wildman–Crippen LogP) is 3.23. The summed E-state index contributed by atoms with van der Waals surface area (Å²) in [7, 11) is 2.69. The van der Waals surface area contributed by atoms with Crippen LogP contribution in [-0.2, 0) is 9.53 Å². The van der Waals surface area contributed by atoms with Gasteiger partial charge in [0.25, 0.3) is 5.91 Å². The van der Waals surface area contributed by atoms with E-state index >= 15 is 0 Å². The highest BCUT2D eigenvalue weighted by Gasteiger charge is 2.26. The fourth-order valence-electron chi connectivity index (χ4n) is 2.45. The number of nitriles is 1. The van der Waals surface area contributed by atoms with Gasteiger partial charge in [0.1, 0.15) is 11.6 Å². The lowest BCUT2D eigenvalue weighted by molar-refractivity contribution is -0.123. The molecule has 0 spiro atoms. The van der Waals surface area contributed by atoms with E-state index in [-0.39, 0.29) is 33.2 Å². The van der Waals surface area contributed by atoms with Crippen LogP contribution in [0.25, 0.3) is 0 Å². The summed E-state index contributed by atoms with van der Waals surface area (Å²) in [5.41, 5.74) is 0.465. The van der Waals surface area contributed by atoms with Crippen molar-refractivity contribution in [3.63, 3.8) is 0 Å². The van der Waals surface area contributed by atoms with Gasteiger partial charge in [0.05, 0.1) is 24.8 Å². The molecule has 2 aromatic carbocycles. The van der Waals surface area contributed by atoms with Crippen LogP contribution in [0.3, 0.4) is 0 Å². The molecule has 1 N–H and O–H groups in total. The number of aldehydes is 1. The summed E-state index contributed by atoms with van der Waals surface area (Å²) < 4.78 is 15.5. The van der Waals surface area contributed by atoms with Crippen molar-refractivity contribution in [2.75, 3.05) is 19.5 Å². The number of hydrogen-bond acceptors (Lipinski definition) is 7. The molecule has 0 saturated heterocycles. The molecule has 0 aliphatic rings. The Hall–Kier alpha value is -3.57. The van der Waals surface area contributed by atoms with Gasteiger partial charge in [-0.05, 0) is 37.3 Å². The van der Waals surface area contributed by atoms with E-state index in [1.165, 1.54) is 51.5 Å². The minimum Gasteiger partial charge on any atom is -0.493 e. The Balaban J connectivity index is 2.20. The molecule has 1 amide bonds. The minimum atomic E-state index is -1.20. The monoisotopic (exact) mass is 416 g/mol. The molecule has 0 radical (unpaired) electrons. The normalized spacial score (nSPS) is 11.0. The van der Waals surface area contributed by atoms with Crippen LogP contribution >= 0.6 is 11.6 Å². The zero-order valence-electron chi connectivity index (χ0n) is 15.8. The lowest BCUT2D eigenvalue weighted by atomic mass is 10.1. The Morgan fingerprint density at radius 1 is 1.21 bits per heavy atom. The molecule has 0 unspecified atom stereocenters. The van der Waals surface area contributed by atoms with Crippen LogP contribution in [0.15, 0.2) is 30.3 Å². The number of esters is 1. The first-order chi connectivity index (χ1) is 13.9. The molecule has 0 fully saturated rings. The molecule has 8 nitrogen and oxygen atoms in total. The highest BCUT2D eigenvalue weighted by molar-refractivity contribution is 6.32. The van der Waals surface area contributed by atoms with Crippen LogP contribution in [-0.4, -0.2) is 38.5 Å². The second-order valence-corrected chi connectivity index (χ2v) is 6.13. The molecule has 0 aromatic heterocycles. The largest absolute Gasteiger partial charge is 0.493 e. The standard InChI is InChI=1S/C20H17ClN2O6/c1-11(19(25)23-14-6-4-12(9-22)15(21)8-14)29-20(26)17-13(10-24)5-7-16(27-2)18(17)28-3/h4-8,10-11H,1-3H3,(H,23,25)/t11-/m1/s1. The molecule has 2 rings (SSSR count). The van der Waals surface area contributed by atoms with Crippen molar-refractivity contribution in [1.29, 1.82) is 5.26 Å². The summed E-state index contributed by atoms with van der Waals surface area (Å²) in [6.07, 6.45) is -0.727. The third-order valence-corrected chi connectivity index (χ3v) is 4.23. The van der Waals surface area contributed by atoms with Crippen LogP contribution in [0.2, 0.25) is 5.02 Å². The summed E-state index contributed by atoms with van der Waals surface area (Å²) in [6, 6.07) is 9.12. The Bertz CT molecular complexity index is 999. The molecular formula is C20H17ClN2O6. The van der Waals surface area contributed by atoms with Gasteiger partial charge in [-0.15, -0.1) is 0 Å². The van der Waals surface area contributed by atoms with E-state index in [9.17, 15) is 14.4 Å².